The first-order valence-corrected chi connectivity index (χ1v) is 9.64. The number of piperidine rings is 1. The van der Waals surface area contributed by atoms with Crippen molar-refractivity contribution in [2.45, 2.75) is 58.7 Å². The molecular weight excluding hydrogens is 312 g/mol. The molecular formula is C21H34N2O2. The molecule has 25 heavy (non-hydrogen) atoms. The van der Waals surface area contributed by atoms with Crippen LogP contribution in [0.4, 0.5) is 0 Å². The number of hydrogen-bond donors (Lipinski definition) is 1. The Hall–Kier alpha value is -1.10. The molecule has 2 heterocycles. The van der Waals surface area contributed by atoms with Crippen molar-refractivity contribution in [1.82, 2.24) is 9.80 Å². The van der Waals surface area contributed by atoms with Crippen LogP contribution in [0, 0.1) is 5.41 Å². The number of nitrogens with zero attached hydrogens (tertiary/aromatic N) is 2. The number of benzene rings is 1. The van der Waals surface area contributed by atoms with E-state index in [9.17, 15) is 5.11 Å². The second kappa shape index (κ2) is 7.26. The van der Waals surface area contributed by atoms with E-state index in [4.69, 9.17) is 4.74 Å². The molecule has 1 aromatic rings. The van der Waals surface area contributed by atoms with Crippen LogP contribution in [-0.2, 0) is 13.1 Å². The number of hydrogen-bond acceptors (Lipinski definition) is 4. The van der Waals surface area contributed by atoms with Gasteiger partial charge >= 0.3 is 0 Å². The standard InChI is InChI=1S/C21H34N2O2/c1-20(2)16-23(12-9-21(20,3)24)14-17-7-8-19(25-4)18(13-17)15-22-10-5-6-11-22/h7-8,13,24H,5-6,9-12,14-16H2,1-4H3/t21-/m0/s1. The minimum atomic E-state index is -0.579. The topological polar surface area (TPSA) is 35.9 Å². The summed E-state index contributed by atoms with van der Waals surface area (Å²) in [7, 11) is 1.76. The van der Waals surface area contributed by atoms with Crippen molar-refractivity contribution in [3.05, 3.63) is 29.3 Å². The summed E-state index contributed by atoms with van der Waals surface area (Å²) in [6.45, 7) is 12.5. The van der Waals surface area contributed by atoms with Gasteiger partial charge in [0.25, 0.3) is 0 Å². The molecule has 0 unspecified atom stereocenters. The van der Waals surface area contributed by atoms with E-state index in [1.165, 1.54) is 37.1 Å². The largest absolute Gasteiger partial charge is 0.496 e. The first-order chi connectivity index (χ1) is 11.8. The van der Waals surface area contributed by atoms with Crippen molar-refractivity contribution in [2.24, 2.45) is 5.41 Å². The predicted molar refractivity (Wildman–Crippen MR) is 102 cm³/mol. The normalized spacial score (nSPS) is 27.6. The molecule has 0 bridgehead atoms. The highest BCUT2D eigenvalue weighted by Crippen LogP contribution is 2.38. The minimum absolute atomic E-state index is 0.0872. The monoisotopic (exact) mass is 346 g/mol. The lowest BCUT2D eigenvalue weighted by Gasteiger charge is -2.48. The van der Waals surface area contributed by atoms with Crippen LogP contribution in [-0.4, -0.2) is 53.8 Å². The van der Waals surface area contributed by atoms with Gasteiger partial charge in [-0.15, -0.1) is 0 Å². The molecule has 0 spiro atoms. The van der Waals surface area contributed by atoms with Crippen LogP contribution in [0.15, 0.2) is 18.2 Å². The Bertz CT molecular complexity index is 592. The summed E-state index contributed by atoms with van der Waals surface area (Å²) in [6.07, 6.45) is 3.45. The second-order valence-corrected chi connectivity index (χ2v) is 8.75. The van der Waals surface area contributed by atoms with Crippen molar-refractivity contribution in [2.75, 3.05) is 33.3 Å². The lowest BCUT2D eigenvalue weighted by molar-refractivity contribution is -0.107. The van der Waals surface area contributed by atoms with Gasteiger partial charge in [-0.05, 0) is 57.0 Å². The molecule has 0 saturated carbocycles. The van der Waals surface area contributed by atoms with Crippen molar-refractivity contribution in [3.63, 3.8) is 0 Å². The van der Waals surface area contributed by atoms with E-state index >= 15 is 0 Å². The SMILES string of the molecule is COc1ccc(CN2CC[C@](C)(O)C(C)(C)C2)cc1CN1CCCC1. The van der Waals surface area contributed by atoms with Crippen LogP contribution in [0.3, 0.4) is 0 Å². The molecule has 4 nitrogen and oxygen atoms in total. The fraction of sp³-hybridized carbons (Fsp3) is 0.714. The lowest BCUT2D eigenvalue weighted by Crippen LogP contribution is -2.55. The van der Waals surface area contributed by atoms with E-state index in [0.717, 1.165) is 38.3 Å². The molecule has 2 aliphatic rings. The smallest absolute Gasteiger partial charge is 0.123 e. The third-order valence-corrected chi connectivity index (χ3v) is 6.34. The van der Waals surface area contributed by atoms with Crippen molar-refractivity contribution in [1.29, 1.82) is 0 Å². The Balaban J connectivity index is 1.70. The molecule has 0 aliphatic carbocycles. The van der Waals surface area contributed by atoms with E-state index in [-0.39, 0.29) is 5.41 Å². The van der Waals surface area contributed by atoms with Gasteiger partial charge < -0.3 is 9.84 Å². The minimum Gasteiger partial charge on any atom is -0.496 e. The Kier molecular flexibility index (Phi) is 5.42. The highest BCUT2D eigenvalue weighted by molar-refractivity contribution is 5.37. The summed E-state index contributed by atoms with van der Waals surface area (Å²) in [5.41, 5.74) is 1.97. The molecule has 3 rings (SSSR count). The number of methoxy groups -OCH3 is 1. The Labute approximate surface area is 152 Å². The van der Waals surface area contributed by atoms with Crippen molar-refractivity contribution in [3.8, 4) is 5.75 Å². The zero-order valence-corrected chi connectivity index (χ0v) is 16.3. The maximum Gasteiger partial charge on any atom is 0.123 e. The Morgan fingerprint density at radius 3 is 2.40 bits per heavy atom. The molecule has 1 aromatic carbocycles. The second-order valence-electron chi connectivity index (χ2n) is 8.75. The molecule has 4 heteroatoms. The zero-order chi connectivity index (χ0) is 18.1. The van der Waals surface area contributed by atoms with Gasteiger partial charge in [0.15, 0.2) is 0 Å². The molecule has 0 aromatic heterocycles. The Morgan fingerprint density at radius 2 is 1.76 bits per heavy atom. The van der Waals surface area contributed by atoms with Crippen LogP contribution < -0.4 is 4.74 Å². The van der Waals surface area contributed by atoms with Crippen molar-refractivity contribution < 1.29 is 9.84 Å². The molecule has 2 aliphatic heterocycles. The van der Waals surface area contributed by atoms with Crippen LogP contribution in [0.1, 0.15) is 51.2 Å². The first-order valence-electron chi connectivity index (χ1n) is 9.64. The van der Waals surface area contributed by atoms with Gasteiger partial charge in [0.05, 0.1) is 12.7 Å². The van der Waals surface area contributed by atoms with Crippen LogP contribution >= 0.6 is 0 Å². The molecule has 0 amide bonds. The number of rotatable bonds is 5. The van der Waals surface area contributed by atoms with Gasteiger partial charge in [0, 0.05) is 37.2 Å². The Morgan fingerprint density at radius 1 is 1.04 bits per heavy atom. The highest BCUT2D eigenvalue weighted by Gasteiger charge is 2.43. The molecule has 1 N–H and O–H groups in total. The number of likely N-dealkylation sites (tertiary alicyclic amines) is 2. The molecule has 140 valence electrons. The summed E-state index contributed by atoms with van der Waals surface area (Å²) in [6, 6.07) is 6.62. The highest BCUT2D eigenvalue weighted by atomic mass is 16.5. The lowest BCUT2D eigenvalue weighted by atomic mass is 9.71. The summed E-state index contributed by atoms with van der Waals surface area (Å²) in [4.78, 5) is 4.99. The fourth-order valence-electron chi connectivity index (χ4n) is 4.15. The van der Waals surface area contributed by atoms with Gasteiger partial charge in [0.1, 0.15) is 5.75 Å². The molecule has 1 atom stereocenters. The summed E-state index contributed by atoms with van der Waals surface area (Å²) < 4.78 is 5.59. The van der Waals surface area contributed by atoms with Gasteiger partial charge in [-0.25, -0.2) is 0 Å². The van der Waals surface area contributed by atoms with E-state index in [0.29, 0.717) is 0 Å². The van der Waals surface area contributed by atoms with Crippen LogP contribution in [0.25, 0.3) is 0 Å². The van der Waals surface area contributed by atoms with Gasteiger partial charge in [0.2, 0.25) is 0 Å². The van der Waals surface area contributed by atoms with E-state index in [2.05, 4.69) is 41.8 Å². The van der Waals surface area contributed by atoms with Gasteiger partial charge in [-0.3, -0.25) is 9.80 Å². The van der Waals surface area contributed by atoms with E-state index in [1.807, 2.05) is 6.92 Å². The molecule has 0 radical (unpaired) electrons. The number of aliphatic hydroxyl groups is 1. The quantitative estimate of drug-likeness (QED) is 0.888. The zero-order valence-electron chi connectivity index (χ0n) is 16.3. The first kappa shape index (κ1) is 18.7. The maximum atomic E-state index is 10.6. The maximum absolute atomic E-state index is 10.6. The van der Waals surface area contributed by atoms with E-state index < -0.39 is 5.60 Å². The summed E-state index contributed by atoms with van der Waals surface area (Å²) >= 11 is 0. The summed E-state index contributed by atoms with van der Waals surface area (Å²) in [5.74, 6) is 0.998. The van der Waals surface area contributed by atoms with Gasteiger partial charge in [-0.2, -0.15) is 0 Å². The third kappa shape index (κ3) is 4.18. The van der Waals surface area contributed by atoms with Crippen LogP contribution in [0.5, 0.6) is 5.75 Å². The molecule has 2 saturated heterocycles. The van der Waals surface area contributed by atoms with E-state index in [1.54, 1.807) is 7.11 Å². The van der Waals surface area contributed by atoms with Gasteiger partial charge in [-0.1, -0.05) is 19.9 Å². The summed E-state index contributed by atoms with van der Waals surface area (Å²) in [5, 5.41) is 10.6. The average Bonchev–Trinajstić information content (AvgIpc) is 3.04. The van der Waals surface area contributed by atoms with Crippen LogP contribution in [0.2, 0.25) is 0 Å². The third-order valence-electron chi connectivity index (χ3n) is 6.34. The average molecular weight is 347 g/mol. The molecule has 2 fully saturated rings. The predicted octanol–water partition coefficient (Wildman–Crippen LogP) is 3.27. The number of ether oxygens (including phenoxy) is 1. The van der Waals surface area contributed by atoms with Crippen molar-refractivity contribution >= 4 is 0 Å². The fourth-order valence-corrected chi connectivity index (χ4v) is 4.15.